The minimum absolute atomic E-state index is 0.0990. The number of carbonyl (C=O) groups is 1. The maximum absolute atomic E-state index is 12.0. The largest absolute Gasteiger partial charge is 0.348 e. The summed E-state index contributed by atoms with van der Waals surface area (Å²) in [5.74, 6) is -0.0990. The van der Waals surface area contributed by atoms with Crippen molar-refractivity contribution in [1.82, 2.24) is 5.32 Å². The van der Waals surface area contributed by atoms with E-state index in [0.717, 1.165) is 10.0 Å². The van der Waals surface area contributed by atoms with Crippen LogP contribution in [0.25, 0.3) is 0 Å². The molecule has 0 bridgehead atoms. The fourth-order valence-corrected chi connectivity index (χ4v) is 3.25. The third kappa shape index (κ3) is 3.16. The highest BCUT2D eigenvalue weighted by Gasteiger charge is 2.10. The Kier molecular flexibility index (Phi) is 4.48. The predicted molar refractivity (Wildman–Crippen MR) is 81.6 cm³/mol. The highest BCUT2D eigenvalue weighted by Crippen LogP contribution is 2.20. The molecule has 0 atom stereocenters. The summed E-state index contributed by atoms with van der Waals surface area (Å²) in [7, 11) is 0. The lowest BCUT2D eigenvalue weighted by molar-refractivity contribution is 0.0948. The lowest BCUT2D eigenvalue weighted by Crippen LogP contribution is -2.23. The first-order valence-electron chi connectivity index (χ1n) is 5.36. The molecule has 2 rings (SSSR count). The summed E-state index contributed by atoms with van der Waals surface area (Å²) in [6, 6.07) is 5.42. The van der Waals surface area contributed by atoms with Crippen LogP contribution in [0.3, 0.4) is 0 Å². The van der Waals surface area contributed by atoms with E-state index in [9.17, 15) is 4.79 Å². The number of thiol groups is 1. The van der Waals surface area contributed by atoms with E-state index in [0.29, 0.717) is 17.0 Å². The van der Waals surface area contributed by atoms with E-state index in [-0.39, 0.29) is 5.91 Å². The van der Waals surface area contributed by atoms with E-state index in [4.69, 9.17) is 0 Å². The van der Waals surface area contributed by atoms with Crippen molar-refractivity contribution >= 4 is 45.8 Å². The molecule has 0 spiro atoms. The van der Waals surface area contributed by atoms with Crippen LogP contribution in [-0.4, -0.2) is 5.91 Å². The smallest absolute Gasteiger partial charge is 0.252 e. The van der Waals surface area contributed by atoms with E-state index in [1.807, 2.05) is 19.1 Å². The van der Waals surface area contributed by atoms with Gasteiger partial charge in [-0.1, -0.05) is 15.9 Å². The minimum atomic E-state index is -0.0990. The summed E-state index contributed by atoms with van der Waals surface area (Å²) in [6.45, 7) is 2.60. The first-order valence-corrected chi connectivity index (χ1v) is 7.54. The molecule has 0 saturated heterocycles. The Hall–Kier alpha value is -0.780. The van der Waals surface area contributed by atoms with Crippen molar-refractivity contribution in [2.45, 2.75) is 18.4 Å². The maximum atomic E-state index is 12.0. The molecule has 0 radical (unpaired) electrons. The molecule has 18 heavy (non-hydrogen) atoms. The fourth-order valence-electron chi connectivity index (χ4n) is 1.54. The van der Waals surface area contributed by atoms with Gasteiger partial charge in [0.25, 0.3) is 5.91 Å². The van der Waals surface area contributed by atoms with Crippen LogP contribution in [0.4, 0.5) is 0 Å². The van der Waals surface area contributed by atoms with E-state index in [2.05, 4.69) is 44.6 Å². The van der Waals surface area contributed by atoms with Crippen LogP contribution in [0.2, 0.25) is 0 Å². The molecule has 0 fully saturated rings. The van der Waals surface area contributed by atoms with Crippen LogP contribution in [0.15, 0.2) is 38.3 Å². The van der Waals surface area contributed by atoms with Crippen molar-refractivity contribution in [3.8, 4) is 0 Å². The number of thiophene rings is 1. The first-order chi connectivity index (χ1) is 8.58. The van der Waals surface area contributed by atoms with E-state index in [1.165, 1.54) is 5.56 Å². The van der Waals surface area contributed by atoms with Gasteiger partial charge in [-0.05, 0) is 47.0 Å². The van der Waals surface area contributed by atoms with Crippen molar-refractivity contribution < 1.29 is 4.79 Å². The van der Waals surface area contributed by atoms with Crippen molar-refractivity contribution in [3.63, 3.8) is 0 Å². The Morgan fingerprint density at radius 1 is 1.44 bits per heavy atom. The molecule has 0 saturated carbocycles. The quantitative estimate of drug-likeness (QED) is 0.810. The van der Waals surface area contributed by atoms with Gasteiger partial charge < -0.3 is 5.32 Å². The highest BCUT2D eigenvalue weighted by atomic mass is 79.9. The molecule has 2 aromatic rings. The Morgan fingerprint density at radius 3 is 2.83 bits per heavy atom. The number of halogens is 1. The number of benzene rings is 1. The number of rotatable bonds is 3. The molecule has 1 aromatic heterocycles. The molecular formula is C13H12BrNOS2. The highest BCUT2D eigenvalue weighted by molar-refractivity contribution is 9.10. The van der Waals surface area contributed by atoms with Crippen LogP contribution >= 0.6 is 39.9 Å². The number of nitrogens with one attached hydrogen (secondary N) is 1. The number of hydrogen-bond acceptors (Lipinski definition) is 3. The monoisotopic (exact) mass is 341 g/mol. The minimum Gasteiger partial charge on any atom is -0.348 e. The van der Waals surface area contributed by atoms with Crippen molar-refractivity contribution in [2.75, 3.05) is 0 Å². The van der Waals surface area contributed by atoms with Gasteiger partial charge in [-0.2, -0.15) is 11.3 Å². The Labute approximate surface area is 124 Å². The number of aryl methyl sites for hydroxylation is 1. The summed E-state index contributed by atoms with van der Waals surface area (Å²) < 4.78 is 0.915. The first kappa shape index (κ1) is 13.6. The average molecular weight is 342 g/mol. The van der Waals surface area contributed by atoms with Crippen LogP contribution < -0.4 is 5.32 Å². The number of hydrogen-bond donors (Lipinski definition) is 2. The van der Waals surface area contributed by atoms with Gasteiger partial charge >= 0.3 is 0 Å². The zero-order chi connectivity index (χ0) is 13.1. The Morgan fingerprint density at radius 2 is 2.22 bits per heavy atom. The van der Waals surface area contributed by atoms with E-state index < -0.39 is 0 Å². The van der Waals surface area contributed by atoms with Gasteiger partial charge in [0.05, 0.1) is 5.56 Å². The zero-order valence-electron chi connectivity index (χ0n) is 9.74. The molecule has 1 amide bonds. The Bertz CT molecular complexity index is 580. The van der Waals surface area contributed by atoms with E-state index in [1.54, 1.807) is 17.4 Å². The van der Waals surface area contributed by atoms with Gasteiger partial charge in [0.1, 0.15) is 0 Å². The SMILES string of the molecule is Cc1cscc1CNC(=O)c1ccc(Br)cc1S. The standard InChI is InChI=1S/C13H12BrNOS2/c1-8-6-18-7-9(8)5-15-13(16)11-3-2-10(14)4-12(11)17/h2-4,6-7,17H,5H2,1H3,(H,15,16). The number of amides is 1. The molecule has 0 unspecified atom stereocenters. The third-order valence-corrected chi connectivity index (χ3v) is 4.38. The molecule has 94 valence electrons. The van der Waals surface area contributed by atoms with Crippen LogP contribution in [0.5, 0.6) is 0 Å². The molecule has 1 heterocycles. The second kappa shape index (κ2) is 5.91. The predicted octanol–water partition coefficient (Wildman–Crippen LogP) is 4.04. The molecule has 2 nitrogen and oxygen atoms in total. The third-order valence-electron chi connectivity index (χ3n) is 2.61. The summed E-state index contributed by atoms with van der Waals surface area (Å²) in [4.78, 5) is 12.7. The van der Waals surface area contributed by atoms with E-state index >= 15 is 0 Å². The average Bonchev–Trinajstić information content (AvgIpc) is 2.72. The summed E-state index contributed by atoms with van der Waals surface area (Å²) >= 11 is 9.30. The zero-order valence-corrected chi connectivity index (χ0v) is 13.0. The normalized spacial score (nSPS) is 10.4. The molecule has 5 heteroatoms. The molecule has 0 aliphatic rings. The lowest BCUT2D eigenvalue weighted by atomic mass is 10.2. The van der Waals surface area contributed by atoms with Gasteiger partial charge in [0, 0.05) is 15.9 Å². The second-order valence-corrected chi connectivity index (χ2v) is 6.07. The van der Waals surface area contributed by atoms with Gasteiger partial charge in [0.15, 0.2) is 0 Å². The topological polar surface area (TPSA) is 29.1 Å². The fraction of sp³-hybridized carbons (Fsp3) is 0.154. The maximum Gasteiger partial charge on any atom is 0.252 e. The van der Waals surface area contributed by atoms with Crippen molar-refractivity contribution in [2.24, 2.45) is 0 Å². The molecular weight excluding hydrogens is 330 g/mol. The Balaban J connectivity index is 2.06. The molecule has 0 aliphatic carbocycles. The second-order valence-electron chi connectivity index (χ2n) is 3.92. The lowest BCUT2D eigenvalue weighted by Gasteiger charge is -2.07. The summed E-state index contributed by atoms with van der Waals surface area (Å²) in [5.41, 5.74) is 2.96. The van der Waals surface area contributed by atoms with Gasteiger partial charge in [0.2, 0.25) is 0 Å². The van der Waals surface area contributed by atoms with Crippen LogP contribution in [-0.2, 0) is 6.54 Å². The summed E-state index contributed by atoms with van der Waals surface area (Å²) in [5, 5.41) is 7.03. The molecule has 1 aromatic carbocycles. The number of carbonyl (C=O) groups excluding carboxylic acids is 1. The molecule has 0 aliphatic heterocycles. The van der Waals surface area contributed by atoms with Crippen molar-refractivity contribution in [3.05, 3.63) is 50.1 Å². The van der Waals surface area contributed by atoms with Gasteiger partial charge in [-0.25, -0.2) is 0 Å². The molecule has 1 N–H and O–H groups in total. The van der Waals surface area contributed by atoms with Crippen LogP contribution in [0, 0.1) is 6.92 Å². The van der Waals surface area contributed by atoms with Gasteiger partial charge in [-0.15, -0.1) is 12.6 Å². The summed E-state index contributed by atoms with van der Waals surface area (Å²) in [6.07, 6.45) is 0. The van der Waals surface area contributed by atoms with Crippen LogP contribution in [0.1, 0.15) is 21.5 Å². The van der Waals surface area contributed by atoms with Gasteiger partial charge in [-0.3, -0.25) is 4.79 Å². The van der Waals surface area contributed by atoms with Crippen molar-refractivity contribution in [1.29, 1.82) is 0 Å².